The summed E-state index contributed by atoms with van der Waals surface area (Å²) in [4.78, 5) is 0. The first-order valence-corrected chi connectivity index (χ1v) is 5.12. The van der Waals surface area contributed by atoms with E-state index in [0.29, 0.717) is 12.2 Å². The van der Waals surface area contributed by atoms with Gasteiger partial charge in [0.2, 0.25) is 0 Å². The van der Waals surface area contributed by atoms with Gasteiger partial charge in [-0.2, -0.15) is 0 Å². The van der Waals surface area contributed by atoms with Crippen molar-refractivity contribution in [1.29, 1.82) is 0 Å². The van der Waals surface area contributed by atoms with Gasteiger partial charge in [0.1, 0.15) is 0 Å². The molecule has 6 atom stereocenters. The number of hydrogen-bond donors (Lipinski definition) is 0. The summed E-state index contributed by atoms with van der Waals surface area (Å²) in [6.45, 7) is 4.56. The highest BCUT2D eigenvalue weighted by atomic mass is 16.5. The summed E-state index contributed by atoms with van der Waals surface area (Å²) >= 11 is 0. The first kappa shape index (κ1) is 6.20. The van der Waals surface area contributed by atoms with E-state index >= 15 is 0 Å². The van der Waals surface area contributed by atoms with Crippen molar-refractivity contribution in [3.63, 3.8) is 0 Å². The molecule has 1 heteroatoms. The first-order chi connectivity index (χ1) is 5.79. The molecule has 12 heavy (non-hydrogen) atoms. The van der Waals surface area contributed by atoms with Crippen LogP contribution in [0.2, 0.25) is 0 Å². The van der Waals surface area contributed by atoms with Gasteiger partial charge in [-0.3, -0.25) is 0 Å². The Kier molecular flexibility index (Phi) is 0.787. The standard InChI is InChI=1S/C11H14O/c1-4(2)7-5-3-6-8(7)11-9(5)10(6)12-11/h5-6,8-11H,3H2,1-2H3/t5-,6+,8+,9+,10-,11+/m1/s1. The summed E-state index contributed by atoms with van der Waals surface area (Å²) in [6.07, 6.45) is 2.83. The number of ether oxygens (including phenoxy) is 1. The average molecular weight is 162 g/mol. The maximum Gasteiger partial charge on any atom is 0.0707 e. The van der Waals surface area contributed by atoms with Crippen molar-refractivity contribution in [1.82, 2.24) is 0 Å². The Hall–Kier alpha value is -0.300. The van der Waals surface area contributed by atoms with Crippen LogP contribution in [0.5, 0.6) is 0 Å². The van der Waals surface area contributed by atoms with Crippen LogP contribution in [0.3, 0.4) is 0 Å². The summed E-state index contributed by atoms with van der Waals surface area (Å²) in [5.74, 6) is 3.73. The normalized spacial score (nSPS) is 63.0. The van der Waals surface area contributed by atoms with E-state index in [0.717, 1.165) is 23.7 Å². The lowest BCUT2D eigenvalue weighted by molar-refractivity contribution is -0.125. The van der Waals surface area contributed by atoms with Gasteiger partial charge >= 0.3 is 0 Å². The van der Waals surface area contributed by atoms with Crippen LogP contribution in [-0.4, -0.2) is 12.2 Å². The molecule has 5 aliphatic rings. The van der Waals surface area contributed by atoms with Crippen molar-refractivity contribution < 1.29 is 4.74 Å². The summed E-state index contributed by atoms with van der Waals surface area (Å²) in [5.41, 5.74) is 3.38. The van der Waals surface area contributed by atoms with E-state index in [1.807, 2.05) is 0 Å². The lowest BCUT2D eigenvalue weighted by atomic mass is 9.89. The fourth-order valence-corrected chi connectivity index (χ4v) is 4.50. The zero-order chi connectivity index (χ0) is 8.03. The predicted molar refractivity (Wildman–Crippen MR) is 45.6 cm³/mol. The van der Waals surface area contributed by atoms with Crippen LogP contribution in [-0.2, 0) is 4.74 Å². The lowest BCUT2D eigenvalue weighted by Gasteiger charge is -2.33. The van der Waals surface area contributed by atoms with Crippen LogP contribution in [0.1, 0.15) is 20.3 Å². The van der Waals surface area contributed by atoms with Crippen LogP contribution in [0, 0.1) is 23.7 Å². The maximum atomic E-state index is 5.84. The third kappa shape index (κ3) is 0.384. The van der Waals surface area contributed by atoms with Gasteiger partial charge in [0.05, 0.1) is 12.2 Å². The smallest absolute Gasteiger partial charge is 0.0707 e. The molecule has 5 fully saturated rings. The molecule has 0 spiro atoms. The van der Waals surface area contributed by atoms with Crippen molar-refractivity contribution >= 4 is 0 Å². The van der Waals surface area contributed by atoms with Gasteiger partial charge in [-0.25, -0.2) is 0 Å². The molecule has 0 radical (unpaired) electrons. The van der Waals surface area contributed by atoms with Gasteiger partial charge in [-0.15, -0.1) is 0 Å². The number of allylic oxidation sites excluding steroid dienone is 1. The minimum absolute atomic E-state index is 0.670. The van der Waals surface area contributed by atoms with Crippen molar-refractivity contribution in [3.05, 3.63) is 11.1 Å². The highest BCUT2D eigenvalue weighted by Crippen LogP contribution is 2.73. The summed E-state index contributed by atoms with van der Waals surface area (Å²) < 4.78 is 5.84. The van der Waals surface area contributed by atoms with Crippen LogP contribution < -0.4 is 0 Å². The van der Waals surface area contributed by atoms with Crippen molar-refractivity contribution in [2.45, 2.75) is 32.5 Å². The van der Waals surface area contributed by atoms with Gasteiger partial charge in [0.15, 0.2) is 0 Å². The molecule has 64 valence electrons. The highest BCUT2D eigenvalue weighted by Gasteiger charge is 2.75. The van der Waals surface area contributed by atoms with Gasteiger partial charge in [0.25, 0.3) is 0 Å². The van der Waals surface area contributed by atoms with E-state index in [-0.39, 0.29) is 0 Å². The van der Waals surface area contributed by atoms with E-state index in [1.165, 1.54) is 6.42 Å². The third-order valence-electron chi connectivity index (χ3n) is 4.64. The topological polar surface area (TPSA) is 9.23 Å². The second-order valence-electron chi connectivity index (χ2n) is 5.13. The molecular weight excluding hydrogens is 148 g/mol. The zero-order valence-corrected chi connectivity index (χ0v) is 7.58. The molecule has 0 N–H and O–H groups in total. The first-order valence-electron chi connectivity index (χ1n) is 5.12. The summed E-state index contributed by atoms with van der Waals surface area (Å²) in [5, 5.41) is 0. The quantitative estimate of drug-likeness (QED) is 0.495. The molecule has 4 aliphatic carbocycles. The van der Waals surface area contributed by atoms with Crippen LogP contribution >= 0.6 is 0 Å². The molecule has 0 unspecified atom stereocenters. The second kappa shape index (κ2) is 1.52. The summed E-state index contributed by atoms with van der Waals surface area (Å²) in [6, 6.07) is 0. The summed E-state index contributed by atoms with van der Waals surface area (Å²) in [7, 11) is 0. The molecule has 0 aromatic heterocycles. The Balaban J connectivity index is 1.95. The van der Waals surface area contributed by atoms with Crippen LogP contribution in [0.4, 0.5) is 0 Å². The highest BCUT2D eigenvalue weighted by molar-refractivity contribution is 5.40. The van der Waals surface area contributed by atoms with Crippen LogP contribution in [0.25, 0.3) is 0 Å². The molecule has 0 aromatic carbocycles. The minimum Gasteiger partial charge on any atom is -0.373 e. The Morgan fingerprint density at radius 1 is 1.33 bits per heavy atom. The number of hydrogen-bond acceptors (Lipinski definition) is 1. The van der Waals surface area contributed by atoms with Crippen molar-refractivity contribution in [2.24, 2.45) is 23.7 Å². The zero-order valence-electron chi connectivity index (χ0n) is 7.58. The largest absolute Gasteiger partial charge is 0.373 e. The molecular formula is C11H14O. The second-order valence-corrected chi connectivity index (χ2v) is 5.13. The van der Waals surface area contributed by atoms with E-state index in [2.05, 4.69) is 13.8 Å². The molecule has 1 saturated heterocycles. The minimum atomic E-state index is 0.670. The van der Waals surface area contributed by atoms with Gasteiger partial charge in [0, 0.05) is 11.8 Å². The average Bonchev–Trinajstić information content (AvgIpc) is 2.50. The molecule has 0 amide bonds. The Bertz CT molecular complexity index is 298. The Morgan fingerprint density at radius 3 is 2.67 bits per heavy atom. The van der Waals surface area contributed by atoms with Gasteiger partial charge in [-0.1, -0.05) is 11.1 Å². The van der Waals surface area contributed by atoms with E-state index < -0.39 is 0 Å². The maximum absolute atomic E-state index is 5.84. The number of rotatable bonds is 0. The molecule has 4 saturated carbocycles. The van der Waals surface area contributed by atoms with E-state index in [1.54, 1.807) is 11.1 Å². The molecule has 1 heterocycles. The van der Waals surface area contributed by atoms with E-state index in [9.17, 15) is 0 Å². The molecule has 0 aromatic rings. The lowest BCUT2D eigenvalue weighted by Crippen LogP contribution is -2.39. The Morgan fingerprint density at radius 2 is 2.17 bits per heavy atom. The van der Waals surface area contributed by atoms with Crippen LogP contribution in [0.15, 0.2) is 11.1 Å². The predicted octanol–water partition coefficient (Wildman–Crippen LogP) is 1.99. The monoisotopic (exact) mass is 162 g/mol. The molecule has 1 nitrogen and oxygen atoms in total. The van der Waals surface area contributed by atoms with Gasteiger partial charge < -0.3 is 4.74 Å². The van der Waals surface area contributed by atoms with Crippen molar-refractivity contribution in [3.8, 4) is 0 Å². The van der Waals surface area contributed by atoms with E-state index in [4.69, 9.17) is 4.74 Å². The third-order valence-corrected chi connectivity index (χ3v) is 4.64. The van der Waals surface area contributed by atoms with Gasteiger partial charge in [-0.05, 0) is 32.1 Å². The fraction of sp³-hybridized carbons (Fsp3) is 0.818. The molecule has 1 aliphatic heterocycles. The Labute approximate surface area is 72.8 Å². The molecule has 6 bridgehead atoms. The molecule has 5 rings (SSSR count). The fourth-order valence-electron chi connectivity index (χ4n) is 4.50. The SMILES string of the molecule is CC(C)=C1[C@@H]2[C@@H]3C[C@H]1[C@H]1[C@@H]3O[C@@H]21. The van der Waals surface area contributed by atoms with Crippen molar-refractivity contribution in [2.75, 3.05) is 0 Å².